The molecule has 4 unspecified atom stereocenters. The van der Waals surface area contributed by atoms with Crippen molar-refractivity contribution in [3.8, 4) is 11.5 Å². The number of Topliss-reactive ketones (excluding diaryl/α,β-unsaturated/α-hetero) is 2. The lowest BCUT2D eigenvalue weighted by atomic mass is 9.89. The lowest BCUT2D eigenvalue weighted by Gasteiger charge is -2.27. The van der Waals surface area contributed by atoms with E-state index >= 15 is 4.79 Å². The number of amides is 13. The molecule has 41 nitrogen and oxygen atoms in total. The van der Waals surface area contributed by atoms with Crippen molar-refractivity contribution in [2.24, 2.45) is 40.7 Å². The van der Waals surface area contributed by atoms with Gasteiger partial charge in [-0.05, 0) is 132 Å². The summed E-state index contributed by atoms with van der Waals surface area (Å²) in [4.78, 5) is 221. The second-order valence-corrected chi connectivity index (χ2v) is 29.1. The number of hydrogen-bond acceptors (Lipinski definition) is 22. The Hall–Kier alpha value is -13.1. The topological polar surface area (TPSA) is 673 Å². The largest absolute Gasteiger partial charge is 0.508 e. The molecule has 0 saturated heterocycles. The van der Waals surface area contributed by atoms with Crippen LogP contribution in [0, 0.1) is 28.6 Å². The maximum absolute atomic E-state index is 15.0. The van der Waals surface area contributed by atoms with Crippen molar-refractivity contribution in [2.75, 3.05) is 19.6 Å². The molecule has 41 heteroatoms. The number of carboxylic acid groups (broad SMARTS) is 1. The maximum atomic E-state index is 15.0. The van der Waals surface area contributed by atoms with Crippen molar-refractivity contribution in [1.82, 2.24) is 84.1 Å². The Balaban J connectivity index is 0.0000298. The summed E-state index contributed by atoms with van der Waals surface area (Å²) in [5.41, 5.74) is 23.8. The molecule has 1 aliphatic heterocycles. The van der Waals surface area contributed by atoms with Crippen LogP contribution in [0.1, 0.15) is 148 Å². The number of carboxylic acids is 1. The van der Waals surface area contributed by atoms with Crippen molar-refractivity contribution in [1.29, 1.82) is 10.8 Å². The Morgan fingerprint density at radius 2 is 1.08 bits per heavy atom. The lowest BCUT2D eigenvalue weighted by molar-refractivity contribution is -0.141. The fraction of sp³-hybridized carbons (Fsp3) is 0.513. The highest BCUT2D eigenvalue weighted by molar-refractivity contribution is 6.01. The molecular formula is C78H114N22O19. The number of aliphatic carboxylic acids is 1. The molecule has 1 aromatic heterocycles. The van der Waals surface area contributed by atoms with Gasteiger partial charge in [-0.3, -0.25) is 82.7 Å². The van der Waals surface area contributed by atoms with Gasteiger partial charge in [-0.2, -0.15) is 0 Å². The number of aromatic nitrogens is 3. The predicted molar refractivity (Wildman–Crippen MR) is 431 cm³/mol. The third kappa shape index (κ3) is 35.1. The van der Waals surface area contributed by atoms with Gasteiger partial charge in [0, 0.05) is 57.2 Å². The van der Waals surface area contributed by atoms with E-state index in [4.69, 9.17) is 33.8 Å². The van der Waals surface area contributed by atoms with E-state index < -0.39 is 193 Å². The molecule has 26 N–H and O–H groups in total. The molecule has 3 aromatic carbocycles. The van der Waals surface area contributed by atoms with Crippen LogP contribution in [0.3, 0.4) is 0 Å². The minimum Gasteiger partial charge on any atom is -0.508 e. The predicted octanol–water partition coefficient (Wildman–Crippen LogP) is -3.25. The highest BCUT2D eigenvalue weighted by Crippen LogP contribution is 2.22. The molecule has 0 saturated carbocycles. The molecule has 2 heterocycles. The van der Waals surface area contributed by atoms with Crippen LogP contribution in [0.25, 0.3) is 0 Å². The number of phenolic OH excluding ortho intramolecular Hbond substituents is 2. The van der Waals surface area contributed by atoms with Gasteiger partial charge in [0.05, 0.1) is 37.3 Å². The number of benzene rings is 3. The van der Waals surface area contributed by atoms with E-state index in [9.17, 15) is 87.2 Å². The van der Waals surface area contributed by atoms with Crippen molar-refractivity contribution >= 4 is 106 Å². The Bertz CT molecular complexity index is 4190. The molecule has 650 valence electrons. The number of ketones is 2. The van der Waals surface area contributed by atoms with Crippen LogP contribution in [0.2, 0.25) is 0 Å². The molecule has 5 rings (SSSR count). The fourth-order valence-corrected chi connectivity index (χ4v) is 12.7. The van der Waals surface area contributed by atoms with Gasteiger partial charge in [-0.25, -0.2) is 4.68 Å². The van der Waals surface area contributed by atoms with Crippen LogP contribution < -0.4 is 92.1 Å². The van der Waals surface area contributed by atoms with Crippen LogP contribution in [0.4, 0.5) is 0 Å². The highest BCUT2D eigenvalue weighted by atomic mass is 16.4. The average molecular weight is 1660 g/mol. The molecule has 1 aliphatic rings. The number of aryl methyl sites for hydroxylation is 2. The first-order chi connectivity index (χ1) is 55.9. The van der Waals surface area contributed by atoms with E-state index in [1.165, 1.54) is 75.5 Å². The summed E-state index contributed by atoms with van der Waals surface area (Å²) >= 11 is 0. The van der Waals surface area contributed by atoms with Gasteiger partial charge in [0.1, 0.15) is 71.7 Å². The number of aromatic hydroxyl groups is 2. The van der Waals surface area contributed by atoms with E-state index in [1.807, 2.05) is 0 Å². The summed E-state index contributed by atoms with van der Waals surface area (Å²) in [6.07, 6.45) is -1.05. The Morgan fingerprint density at radius 3 is 1.61 bits per heavy atom. The number of carbonyl (C=O) groups excluding carboxylic acids is 15. The lowest BCUT2D eigenvalue weighted by Crippen LogP contribution is -2.60. The number of nitrogens with zero attached hydrogens (tertiary/aromatic N) is 3. The second kappa shape index (κ2) is 49.7. The quantitative estimate of drug-likeness (QED) is 0.0118. The maximum Gasteiger partial charge on any atom is 0.305 e. The molecule has 13 atom stereocenters. The van der Waals surface area contributed by atoms with E-state index in [-0.39, 0.29) is 133 Å². The number of nitrogens with one attached hydrogen (secondary N) is 15. The van der Waals surface area contributed by atoms with Gasteiger partial charge >= 0.3 is 5.97 Å². The first-order valence-corrected chi connectivity index (χ1v) is 38.6. The van der Waals surface area contributed by atoms with Crippen LogP contribution in [-0.2, 0) is 109 Å². The number of carbonyl (C=O) groups is 16. The Labute approximate surface area is 687 Å². The number of rotatable bonds is 40. The summed E-state index contributed by atoms with van der Waals surface area (Å²) in [6, 6.07) is 3.63. The molecule has 13 amide bonds. The third-order valence-electron chi connectivity index (χ3n) is 19.4. The van der Waals surface area contributed by atoms with E-state index in [0.29, 0.717) is 35.2 Å². The summed E-state index contributed by atoms with van der Waals surface area (Å²) in [6.45, 7) is 6.85. The minimum atomic E-state index is -1.88. The fourth-order valence-electron chi connectivity index (χ4n) is 12.7. The SMILES string of the molecule is C.CC[C@H](C)[C@@H]1NC(=O)[C@@H](CC(C)=O)CCCn2nncc2CCC[C@@H](C(=O)C[C@@H](Cc2ccccc2)C(=O)NC(CC(N)=O)C(=O)N[C@@H](C)C(=O)NC(Cc2ccc(O)cc2)C(=O)N[C@@H](Cc2ccc(O)cc2)C(=O)NC(C)C(=O)N[C@@H](CCCNC(=N)N)C(=O)NC(CCCNC(=N)N)C(N)=O)NC(=O)[C@H](CC(=O)O)NC(=O)CNC1=O. The third-order valence-corrected chi connectivity index (χ3v) is 19.4. The zero-order chi connectivity index (χ0) is 87.3. The summed E-state index contributed by atoms with van der Waals surface area (Å²) in [5, 5.41) is 86.3. The Kier molecular flexibility index (Phi) is 41.0. The van der Waals surface area contributed by atoms with Crippen LogP contribution in [0.15, 0.2) is 85.1 Å². The molecule has 0 fully saturated rings. The van der Waals surface area contributed by atoms with E-state index in [0.717, 1.165) is 0 Å². The van der Waals surface area contributed by atoms with Crippen LogP contribution >= 0.6 is 0 Å². The first kappa shape index (κ1) is 98.2. The van der Waals surface area contributed by atoms with Crippen molar-refractivity contribution in [3.63, 3.8) is 0 Å². The van der Waals surface area contributed by atoms with Gasteiger partial charge in [0.15, 0.2) is 17.7 Å². The number of phenols is 2. The van der Waals surface area contributed by atoms with Gasteiger partial charge in [0.25, 0.3) is 0 Å². The average Bonchev–Trinajstić information content (AvgIpc) is 1.14. The van der Waals surface area contributed by atoms with E-state index in [2.05, 4.69) is 79.4 Å². The van der Waals surface area contributed by atoms with Gasteiger partial charge in [0.2, 0.25) is 76.8 Å². The summed E-state index contributed by atoms with van der Waals surface area (Å²) in [5.74, 6) is -19.2. The highest BCUT2D eigenvalue weighted by Gasteiger charge is 2.38. The standard InChI is InChI=1S/C77H110N22O19.CH4/c1-6-41(2)64-75(118)86-40-62(105)90-59(38-63(106)107)74(117)91-53(18-10-17-50-39-87-98-99(50)31-13-16-48(32-42(3)100)68(111)97-64)60(103)36-49(33-45-14-8-7-9-15-45)69(112)95-58(37-61(78)104)72(115)89-44(5)67(110)94-57(35-47-23-27-52(102)28-24-47)73(116)96-56(34-46-21-25-51(101)26-22-46)71(114)88-43(4)66(109)93-55(20-12-30-85-77(82)83)70(113)92-54(65(79)108)19-11-29-84-76(80)81;/h7-9,14-15,21-28,39,41,43-44,48-49,53-59,64,101-102H,6,10-13,16-20,29-38,40H2,1-5H3,(H2,78,104)(H2,79,108)(H,86,118)(H,88,114)(H,89,115)(H,90,105)(H,91,117)(H,92,113)(H,93,109)(H,94,110)(H,95,112)(H,96,116)(H,97,111)(H,106,107)(H4,80,81,84)(H4,82,83,85);1H4/t41-,43?,44-,48+,49+,53-,54?,55-,56-,57?,58?,59-,64-;/m0./s1. The zero-order valence-corrected chi connectivity index (χ0v) is 66.5. The molecule has 0 radical (unpaired) electrons. The number of nitrogens with two attached hydrogens (primary N) is 4. The molecule has 4 aromatic rings. The molecule has 0 aliphatic carbocycles. The molecular weight excluding hydrogens is 1550 g/mol. The molecule has 0 spiro atoms. The number of guanidine groups is 2. The number of fused-ring (bicyclic) bond motifs is 1. The van der Waals surface area contributed by atoms with Gasteiger partial charge in [-0.1, -0.05) is 87.5 Å². The van der Waals surface area contributed by atoms with Gasteiger partial charge in [-0.15, -0.1) is 5.10 Å². The Morgan fingerprint density at radius 1 is 0.571 bits per heavy atom. The number of primary amides is 2. The monoisotopic (exact) mass is 1660 g/mol. The smallest absolute Gasteiger partial charge is 0.305 e. The van der Waals surface area contributed by atoms with Crippen molar-refractivity contribution < 1.29 is 92.0 Å². The molecule has 0 bridgehead atoms. The normalized spacial score (nSPS) is 17.7. The van der Waals surface area contributed by atoms with Gasteiger partial charge < -0.3 is 112 Å². The van der Waals surface area contributed by atoms with Crippen LogP contribution in [-0.4, -0.2) is 217 Å². The minimum absolute atomic E-state index is 0. The first-order valence-electron chi connectivity index (χ1n) is 38.6. The van der Waals surface area contributed by atoms with Crippen molar-refractivity contribution in [2.45, 2.75) is 218 Å². The van der Waals surface area contributed by atoms with Crippen molar-refractivity contribution in [3.05, 3.63) is 107 Å². The summed E-state index contributed by atoms with van der Waals surface area (Å²) < 4.78 is 1.55. The number of hydrogen-bond donors (Lipinski definition) is 22. The van der Waals surface area contributed by atoms with E-state index in [1.54, 1.807) is 48.9 Å². The zero-order valence-electron chi connectivity index (χ0n) is 66.5. The second-order valence-electron chi connectivity index (χ2n) is 29.1. The van der Waals surface area contributed by atoms with Crippen LogP contribution in [0.5, 0.6) is 11.5 Å². The summed E-state index contributed by atoms with van der Waals surface area (Å²) in [7, 11) is 0. The molecule has 119 heavy (non-hydrogen) atoms.